The zero-order valence-corrected chi connectivity index (χ0v) is 10.6. The molecule has 1 rings (SSSR count). The molecule has 0 radical (unpaired) electrons. The van der Waals surface area contributed by atoms with E-state index in [2.05, 4.69) is 17.1 Å². The van der Waals surface area contributed by atoms with Crippen LogP contribution < -0.4 is 5.32 Å². The lowest BCUT2D eigenvalue weighted by Crippen LogP contribution is -2.46. The minimum atomic E-state index is -0.148. The summed E-state index contributed by atoms with van der Waals surface area (Å²) in [5, 5.41) is 13.1. The number of hydrogen-bond donors (Lipinski definition) is 2. The lowest BCUT2D eigenvalue weighted by atomic mass is 10.3. The molecule has 1 atom stereocenters. The van der Waals surface area contributed by atoms with Gasteiger partial charge in [-0.2, -0.15) is 11.8 Å². The molecule has 0 aromatic carbocycles. The lowest BCUT2D eigenvalue weighted by Gasteiger charge is -2.28. The van der Waals surface area contributed by atoms with E-state index in [0.717, 1.165) is 38.5 Å². The molecule has 90 valence electrons. The predicted octanol–water partition coefficient (Wildman–Crippen LogP) is 0.786. The van der Waals surface area contributed by atoms with Crippen LogP contribution in [-0.2, 0) is 0 Å². The SMILES string of the molecule is CCCCSCC(O)CN1CCNCC1. The summed E-state index contributed by atoms with van der Waals surface area (Å²) in [6.07, 6.45) is 2.37. The molecule has 4 heteroatoms. The fourth-order valence-electron chi connectivity index (χ4n) is 1.71. The molecular formula is C11H24N2OS. The molecule has 1 fully saturated rings. The Morgan fingerprint density at radius 2 is 2.13 bits per heavy atom. The Morgan fingerprint density at radius 1 is 1.40 bits per heavy atom. The number of nitrogens with one attached hydrogen (secondary N) is 1. The first-order valence-corrected chi connectivity index (χ1v) is 7.17. The van der Waals surface area contributed by atoms with E-state index >= 15 is 0 Å². The van der Waals surface area contributed by atoms with Crippen LogP contribution >= 0.6 is 11.8 Å². The maximum atomic E-state index is 9.82. The van der Waals surface area contributed by atoms with Gasteiger partial charge >= 0.3 is 0 Å². The average molecular weight is 232 g/mol. The van der Waals surface area contributed by atoms with E-state index in [-0.39, 0.29) is 6.10 Å². The summed E-state index contributed by atoms with van der Waals surface area (Å²) in [4.78, 5) is 2.35. The van der Waals surface area contributed by atoms with Gasteiger partial charge < -0.3 is 10.4 Å². The molecule has 1 aliphatic rings. The molecule has 2 N–H and O–H groups in total. The van der Waals surface area contributed by atoms with E-state index in [1.165, 1.54) is 18.6 Å². The number of β-amino-alcohol motifs (C(OH)–C–C–N with tert-alkyl or cyclic N) is 1. The van der Waals surface area contributed by atoms with Crippen LogP contribution in [0.15, 0.2) is 0 Å². The summed E-state index contributed by atoms with van der Waals surface area (Å²) in [5.41, 5.74) is 0. The van der Waals surface area contributed by atoms with Crippen LogP contribution in [0.25, 0.3) is 0 Å². The Balaban J connectivity index is 1.98. The molecule has 1 saturated heterocycles. The normalized spacial score (nSPS) is 20.4. The van der Waals surface area contributed by atoms with Crippen molar-refractivity contribution in [1.29, 1.82) is 0 Å². The molecule has 1 unspecified atom stereocenters. The maximum absolute atomic E-state index is 9.82. The minimum Gasteiger partial charge on any atom is -0.391 e. The van der Waals surface area contributed by atoms with Crippen molar-refractivity contribution in [3.05, 3.63) is 0 Å². The third kappa shape index (κ3) is 6.40. The summed E-state index contributed by atoms with van der Waals surface area (Å²) in [6, 6.07) is 0. The van der Waals surface area contributed by atoms with Crippen molar-refractivity contribution in [2.24, 2.45) is 0 Å². The first kappa shape index (κ1) is 13.3. The van der Waals surface area contributed by atoms with Gasteiger partial charge in [0.1, 0.15) is 0 Å². The highest BCUT2D eigenvalue weighted by molar-refractivity contribution is 7.99. The molecule has 0 aromatic heterocycles. The maximum Gasteiger partial charge on any atom is 0.0757 e. The Hall–Kier alpha value is 0.230. The Labute approximate surface area is 97.6 Å². The summed E-state index contributed by atoms with van der Waals surface area (Å²) in [5.74, 6) is 2.08. The van der Waals surface area contributed by atoms with Gasteiger partial charge in [0.2, 0.25) is 0 Å². The molecular weight excluding hydrogens is 208 g/mol. The van der Waals surface area contributed by atoms with Crippen molar-refractivity contribution in [3.63, 3.8) is 0 Å². The van der Waals surface area contributed by atoms with Gasteiger partial charge in [-0.05, 0) is 12.2 Å². The van der Waals surface area contributed by atoms with Crippen molar-refractivity contribution >= 4 is 11.8 Å². The van der Waals surface area contributed by atoms with Gasteiger partial charge in [-0.25, -0.2) is 0 Å². The molecule has 0 bridgehead atoms. The van der Waals surface area contributed by atoms with E-state index < -0.39 is 0 Å². The Bertz CT molecular complexity index is 152. The number of piperazine rings is 1. The molecule has 3 nitrogen and oxygen atoms in total. The van der Waals surface area contributed by atoms with Crippen LogP contribution in [0.5, 0.6) is 0 Å². The van der Waals surface area contributed by atoms with E-state index in [1.54, 1.807) is 0 Å². The second kappa shape index (κ2) is 8.39. The number of aliphatic hydroxyl groups is 1. The fraction of sp³-hybridized carbons (Fsp3) is 1.00. The highest BCUT2D eigenvalue weighted by Gasteiger charge is 2.13. The highest BCUT2D eigenvalue weighted by Crippen LogP contribution is 2.07. The zero-order chi connectivity index (χ0) is 10.9. The number of nitrogens with zero attached hydrogens (tertiary/aromatic N) is 1. The van der Waals surface area contributed by atoms with E-state index in [1.807, 2.05) is 11.8 Å². The van der Waals surface area contributed by atoms with Gasteiger partial charge in [0, 0.05) is 38.5 Å². The number of unbranched alkanes of at least 4 members (excludes halogenated alkanes) is 1. The summed E-state index contributed by atoms with van der Waals surface area (Å²) < 4.78 is 0. The molecule has 0 saturated carbocycles. The lowest BCUT2D eigenvalue weighted by molar-refractivity contribution is 0.121. The Morgan fingerprint density at radius 3 is 2.80 bits per heavy atom. The topological polar surface area (TPSA) is 35.5 Å². The zero-order valence-electron chi connectivity index (χ0n) is 9.74. The van der Waals surface area contributed by atoms with Crippen molar-refractivity contribution in [2.75, 3.05) is 44.2 Å². The first-order chi connectivity index (χ1) is 7.33. The van der Waals surface area contributed by atoms with E-state index in [0.29, 0.717) is 0 Å². The molecule has 1 aliphatic heterocycles. The number of rotatable bonds is 7. The van der Waals surface area contributed by atoms with E-state index in [9.17, 15) is 5.11 Å². The summed E-state index contributed by atoms with van der Waals surface area (Å²) >= 11 is 1.88. The molecule has 0 spiro atoms. The smallest absolute Gasteiger partial charge is 0.0757 e. The van der Waals surface area contributed by atoms with Crippen LogP contribution in [0.2, 0.25) is 0 Å². The third-order valence-corrected chi connectivity index (χ3v) is 3.83. The van der Waals surface area contributed by atoms with Crippen molar-refractivity contribution < 1.29 is 5.11 Å². The fourth-order valence-corrected chi connectivity index (χ4v) is 2.75. The minimum absolute atomic E-state index is 0.148. The summed E-state index contributed by atoms with van der Waals surface area (Å²) in [6.45, 7) is 7.34. The molecule has 0 aliphatic carbocycles. The van der Waals surface area contributed by atoms with Crippen LogP contribution in [0.4, 0.5) is 0 Å². The number of aliphatic hydroxyl groups excluding tert-OH is 1. The van der Waals surface area contributed by atoms with E-state index in [4.69, 9.17) is 0 Å². The number of thioether (sulfide) groups is 1. The monoisotopic (exact) mass is 232 g/mol. The summed E-state index contributed by atoms with van der Waals surface area (Å²) in [7, 11) is 0. The van der Waals surface area contributed by atoms with Crippen molar-refractivity contribution in [1.82, 2.24) is 10.2 Å². The molecule has 1 heterocycles. The molecule has 15 heavy (non-hydrogen) atoms. The second-order valence-electron chi connectivity index (χ2n) is 4.13. The highest BCUT2D eigenvalue weighted by atomic mass is 32.2. The van der Waals surface area contributed by atoms with Gasteiger partial charge in [0.15, 0.2) is 0 Å². The quantitative estimate of drug-likeness (QED) is 0.636. The van der Waals surface area contributed by atoms with Crippen molar-refractivity contribution in [2.45, 2.75) is 25.9 Å². The van der Waals surface area contributed by atoms with Crippen LogP contribution in [0.3, 0.4) is 0 Å². The third-order valence-electron chi connectivity index (χ3n) is 2.63. The molecule has 0 amide bonds. The van der Waals surface area contributed by atoms with Gasteiger partial charge in [-0.1, -0.05) is 13.3 Å². The largest absolute Gasteiger partial charge is 0.391 e. The second-order valence-corrected chi connectivity index (χ2v) is 5.28. The van der Waals surface area contributed by atoms with Gasteiger partial charge in [-0.15, -0.1) is 0 Å². The van der Waals surface area contributed by atoms with Crippen molar-refractivity contribution in [3.8, 4) is 0 Å². The van der Waals surface area contributed by atoms with Crippen LogP contribution in [0.1, 0.15) is 19.8 Å². The van der Waals surface area contributed by atoms with Crippen LogP contribution in [-0.4, -0.2) is 60.3 Å². The van der Waals surface area contributed by atoms with Crippen LogP contribution in [0, 0.1) is 0 Å². The first-order valence-electron chi connectivity index (χ1n) is 6.01. The number of hydrogen-bond acceptors (Lipinski definition) is 4. The Kier molecular flexibility index (Phi) is 7.44. The molecule has 0 aromatic rings. The van der Waals surface area contributed by atoms with Gasteiger partial charge in [0.25, 0.3) is 0 Å². The van der Waals surface area contributed by atoms with Gasteiger partial charge in [0.05, 0.1) is 6.10 Å². The average Bonchev–Trinajstić information content (AvgIpc) is 2.26. The standard InChI is InChI=1S/C11H24N2OS/c1-2-3-8-15-10-11(14)9-13-6-4-12-5-7-13/h11-12,14H,2-10H2,1H3. The predicted molar refractivity (Wildman–Crippen MR) is 67.5 cm³/mol. The van der Waals surface area contributed by atoms with Gasteiger partial charge in [-0.3, -0.25) is 4.90 Å².